The summed E-state index contributed by atoms with van der Waals surface area (Å²) in [6.45, 7) is 3.02. The van der Waals surface area contributed by atoms with Crippen molar-refractivity contribution in [2.75, 3.05) is 32.5 Å². The first-order valence-corrected chi connectivity index (χ1v) is 18.4. The number of halogens is 1. The molecule has 45 heavy (non-hydrogen) atoms. The van der Waals surface area contributed by atoms with Crippen LogP contribution in [-0.2, 0) is 32.3 Å². The molecule has 4 aromatic rings. The lowest BCUT2D eigenvalue weighted by Crippen LogP contribution is -2.33. The van der Waals surface area contributed by atoms with Crippen LogP contribution in [0, 0.1) is 11.7 Å². The normalized spacial score (nSPS) is 16.7. The summed E-state index contributed by atoms with van der Waals surface area (Å²) < 4.78 is 65.8. The monoisotopic (exact) mass is 678 g/mol. The van der Waals surface area contributed by atoms with Crippen LogP contribution < -0.4 is 9.46 Å². The number of likely N-dealkylation sites (tertiary alicyclic amines) is 1. The van der Waals surface area contributed by atoms with Crippen molar-refractivity contribution < 1.29 is 36.4 Å². The molecule has 1 saturated heterocycles. The summed E-state index contributed by atoms with van der Waals surface area (Å²) in [4.78, 5) is 26.7. The summed E-state index contributed by atoms with van der Waals surface area (Å²) in [7, 11) is -6.88. The highest BCUT2D eigenvalue weighted by Gasteiger charge is 2.30. The molecule has 1 fully saturated rings. The zero-order valence-corrected chi connectivity index (χ0v) is 27.4. The number of imidazole rings is 1. The molecular formula is C30H36FN4O7PS2. The number of benzene rings is 2. The average Bonchev–Trinajstić information content (AvgIpc) is 3.76. The third-order valence-corrected chi connectivity index (χ3v) is 10.7. The van der Waals surface area contributed by atoms with Crippen LogP contribution in [0.25, 0.3) is 22.0 Å². The van der Waals surface area contributed by atoms with E-state index >= 15 is 0 Å². The Balaban J connectivity index is 1.31. The maximum Gasteiger partial charge on any atom is 0.471 e. The molecule has 3 heterocycles. The molecule has 1 aliphatic rings. The Morgan fingerprint density at radius 3 is 2.53 bits per heavy atom. The standard InChI is InChI=1S/C30H36FN4O7PS2/c1-21(23-5-9-25(31)10-6-23)34-16-14-22(18-34)19-45(39,40)32-15-13-27-29(24-7-11-26(41-2)12-8-24)35(20-42-43(36,37)38)30(33-27)28-4-3-17-44-28/h3-12,17,21-22,32H,13-16,18-20H2,1-2H3,(H2,36,37,38). The molecule has 2 aromatic heterocycles. The first kappa shape index (κ1) is 33.4. The van der Waals surface area contributed by atoms with Gasteiger partial charge in [-0.2, -0.15) is 0 Å². The van der Waals surface area contributed by atoms with E-state index in [1.54, 1.807) is 48.1 Å². The highest BCUT2D eigenvalue weighted by molar-refractivity contribution is 7.89. The lowest BCUT2D eigenvalue weighted by molar-refractivity contribution is 0.155. The maximum absolute atomic E-state index is 13.4. The largest absolute Gasteiger partial charge is 0.497 e. The van der Waals surface area contributed by atoms with Crippen molar-refractivity contribution in [1.29, 1.82) is 0 Å². The Morgan fingerprint density at radius 1 is 1.16 bits per heavy atom. The van der Waals surface area contributed by atoms with E-state index in [-0.39, 0.29) is 36.5 Å². The number of hydrogen-bond donors (Lipinski definition) is 3. The third kappa shape index (κ3) is 8.66. The summed E-state index contributed by atoms with van der Waals surface area (Å²) in [6, 6.07) is 17.2. The number of ether oxygens (including phenoxy) is 1. The van der Waals surface area contributed by atoms with Gasteiger partial charge in [-0.15, -0.1) is 11.3 Å². The predicted molar refractivity (Wildman–Crippen MR) is 171 cm³/mol. The van der Waals surface area contributed by atoms with Gasteiger partial charge in [0.25, 0.3) is 0 Å². The molecule has 2 unspecified atom stereocenters. The van der Waals surface area contributed by atoms with Crippen LogP contribution in [0.5, 0.6) is 5.75 Å². The third-order valence-electron chi connectivity index (χ3n) is 7.86. The fourth-order valence-corrected chi connectivity index (χ4v) is 8.01. The average molecular weight is 679 g/mol. The van der Waals surface area contributed by atoms with Gasteiger partial charge in [-0.1, -0.05) is 18.2 Å². The summed E-state index contributed by atoms with van der Waals surface area (Å²) >= 11 is 1.41. The zero-order chi connectivity index (χ0) is 32.2. The molecule has 242 valence electrons. The Labute approximate surface area is 265 Å². The Bertz CT molecular complexity index is 1730. The summed E-state index contributed by atoms with van der Waals surface area (Å²) in [5.74, 6) is 0.720. The number of nitrogens with one attached hydrogen (secondary N) is 1. The maximum atomic E-state index is 13.4. The fraction of sp³-hybridized carbons (Fsp3) is 0.367. The SMILES string of the molecule is COc1ccc(-c2c(CCNS(=O)(=O)CC3CCN(C(C)c4ccc(F)cc4)C3)nc(-c3cccs3)n2COP(=O)(O)O)cc1. The molecular weight excluding hydrogens is 642 g/mol. The number of phosphoric ester groups is 1. The second-order valence-electron chi connectivity index (χ2n) is 10.9. The number of methoxy groups -OCH3 is 1. The number of rotatable bonds is 14. The van der Waals surface area contributed by atoms with Crippen molar-refractivity contribution >= 4 is 29.2 Å². The van der Waals surface area contributed by atoms with Gasteiger partial charge in [0.15, 0.2) is 5.82 Å². The van der Waals surface area contributed by atoms with Gasteiger partial charge in [-0.25, -0.2) is 27.1 Å². The number of nitrogens with zero attached hydrogens (tertiary/aromatic N) is 3. The van der Waals surface area contributed by atoms with E-state index in [9.17, 15) is 27.2 Å². The Kier molecular flexibility index (Phi) is 10.6. The molecule has 3 N–H and O–H groups in total. The highest BCUT2D eigenvalue weighted by atomic mass is 32.2. The molecule has 1 aliphatic heterocycles. The van der Waals surface area contributed by atoms with E-state index in [0.29, 0.717) is 35.1 Å². The molecule has 2 atom stereocenters. The van der Waals surface area contributed by atoms with Gasteiger partial charge in [0.05, 0.1) is 29.1 Å². The van der Waals surface area contributed by atoms with Gasteiger partial charge < -0.3 is 14.5 Å². The van der Waals surface area contributed by atoms with Gasteiger partial charge in [-0.05, 0) is 79.2 Å². The molecule has 0 radical (unpaired) electrons. The minimum Gasteiger partial charge on any atom is -0.497 e. The van der Waals surface area contributed by atoms with E-state index in [4.69, 9.17) is 14.2 Å². The summed E-state index contributed by atoms with van der Waals surface area (Å²) in [5.41, 5.74) is 2.77. The lowest BCUT2D eigenvalue weighted by Gasteiger charge is -2.24. The Hall–Kier alpha value is -2.94. The molecule has 0 saturated carbocycles. The first-order chi connectivity index (χ1) is 21.4. The number of phosphoric acid groups is 1. The van der Waals surface area contributed by atoms with Crippen LogP contribution in [0.1, 0.15) is 30.6 Å². The first-order valence-electron chi connectivity index (χ1n) is 14.4. The molecule has 0 bridgehead atoms. The number of sulfonamides is 1. The van der Waals surface area contributed by atoms with Crippen molar-refractivity contribution in [2.45, 2.75) is 32.5 Å². The number of hydrogen-bond acceptors (Lipinski definition) is 8. The molecule has 5 rings (SSSR count). The van der Waals surface area contributed by atoms with E-state index in [1.807, 2.05) is 24.4 Å². The van der Waals surface area contributed by atoms with Crippen LogP contribution in [-0.4, -0.2) is 65.2 Å². The van der Waals surface area contributed by atoms with Gasteiger partial charge in [-0.3, -0.25) is 14.0 Å². The van der Waals surface area contributed by atoms with Crippen LogP contribution >= 0.6 is 19.2 Å². The van der Waals surface area contributed by atoms with Crippen molar-refractivity contribution in [3.05, 3.63) is 83.1 Å². The molecule has 0 spiro atoms. The summed E-state index contributed by atoms with van der Waals surface area (Å²) in [5, 5.41) is 1.86. The van der Waals surface area contributed by atoms with Gasteiger partial charge in [0.2, 0.25) is 10.0 Å². The van der Waals surface area contributed by atoms with E-state index < -0.39 is 24.6 Å². The second kappa shape index (κ2) is 14.2. The van der Waals surface area contributed by atoms with Crippen LogP contribution in [0.2, 0.25) is 0 Å². The van der Waals surface area contributed by atoms with Gasteiger partial charge in [0, 0.05) is 31.1 Å². The molecule has 11 nitrogen and oxygen atoms in total. The number of thiophene rings is 1. The van der Waals surface area contributed by atoms with E-state index in [1.165, 1.54) is 23.5 Å². The predicted octanol–water partition coefficient (Wildman–Crippen LogP) is 5.04. The topological polar surface area (TPSA) is 143 Å². The van der Waals surface area contributed by atoms with Crippen molar-refractivity contribution in [3.63, 3.8) is 0 Å². The molecule has 0 amide bonds. The molecule has 15 heteroatoms. The Morgan fingerprint density at radius 2 is 1.89 bits per heavy atom. The van der Waals surface area contributed by atoms with Crippen LogP contribution in [0.15, 0.2) is 66.0 Å². The van der Waals surface area contributed by atoms with Gasteiger partial charge in [0.1, 0.15) is 18.3 Å². The minimum atomic E-state index is -4.81. The van der Waals surface area contributed by atoms with Crippen LogP contribution in [0.4, 0.5) is 4.39 Å². The lowest BCUT2D eigenvalue weighted by atomic mass is 10.1. The van der Waals surface area contributed by atoms with Crippen molar-refractivity contribution in [3.8, 4) is 27.7 Å². The van der Waals surface area contributed by atoms with Gasteiger partial charge >= 0.3 is 7.82 Å². The second-order valence-corrected chi connectivity index (χ2v) is 15.0. The summed E-state index contributed by atoms with van der Waals surface area (Å²) in [6.07, 6.45) is 0.961. The van der Waals surface area contributed by atoms with E-state index in [0.717, 1.165) is 23.4 Å². The fourth-order valence-electron chi connectivity index (χ4n) is 5.60. The smallest absolute Gasteiger partial charge is 0.471 e. The van der Waals surface area contributed by atoms with E-state index in [2.05, 4.69) is 9.62 Å². The quantitative estimate of drug-likeness (QED) is 0.156. The molecule has 0 aliphatic carbocycles. The zero-order valence-electron chi connectivity index (χ0n) is 24.9. The highest BCUT2D eigenvalue weighted by Crippen LogP contribution is 2.39. The van der Waals surface area contributed by atoms with Crippen molar-refractivity contribution in [1.82, 2.24) is 19.2 Å². The minimum absolute atomic E-state index is 0.0179. The van der Waals surface area contributed by atoms with Crippen LogP contribution in [0.3, 0.4) is 0 Å². The molecule has 2 aromatic carbocycles. The number of aromatic nitrogens is 2. The van der Waals surface area contributed by atoms with Crippen molar-refractivity contribution in [2.24, 2.45) is 5.92 Å².